The van der Waals surface area contributed by atoms with Crippen LogP contribution in [0.1, 0.15) is 4.88 Å². The van der Waals surface area contributed by atoms with E-state index in [-0.39, 0.29) is 0 Å². The molecule has 0 amide bonds. The Morgan fingerprint density at radius 1 is 1.10 bits per heavy atom. The lowest BCUT2D eigenvalue weighted by Gasteiger charge is -1.99. The Balaban J connectivity index is 2.08. The highest BCUT2D eigenvalue weighted by Crippen LogP contribution is 2.32. The van der Waals surface area contributed by atoms with Crippen molar-refractivity contribution in [3.05, 3.63) is 53.8 Å². The van der Waals surface area contributed by atoms with E-state index in [1.807, 2.05) is 36.5 Å². The predicted octanol–water partition coefficient (Wildman–Crippen LogP) is 2.77. The molecule has 20 heavy (non-hydrogen) atoms. The van der Waals surface area contributed by atoms with E-state index < -0.39 is 0 Å². The summed E-state index contributed by atoms with van der Waals surface area (Å²) in [6.07, 6.45) is 6.19. The molecular weight excluding hydrogens is 268 g/mol. The van der Waals surface area contributed by atoms with Gasteiger partial charge in [-0.3, -0.25) is 9.97 Å². The lowest BCUT2D eigenvalue weighted by molar-refractivity contribution is 0.986. The second kappa shape index (κ2) is 5.90. The summed E-state index contributed by atoms with van der Waals surface area (Å²) in [5.74, 6) is 0. The second-order valence-corrected chi connectivity index (χ2v) is 5.37. The zero-order valence-corrected chi connectivity index (χ0v) is 11.7. The van der Waals surface area contributed by atoms with E-state index in [1.165, 1.54) is 4.88 Å². The summed E-state index contributed by atoms with van der Waals surface area (Å²) < 4.78 is 0. The number of nitrogens with zero attached hydrogens (tertiary/aromatic N) is 3. The van der Waals surface area contributed by atoms with Crippen LogP contribution in [-0.4, -0.2) is 21.5 Å². The van der Waals surface area contributed by atoms with Crippen molar-refractivity contribution in [3.8, 4) is 22.0 Å². The first kappa shape index (κ1) is 12.9. The lowest BCUT2D eigenvalue weighted by atomic mass is 10.1. The molecule has 0 atom stereocenters. The number of rotatable bonds is 4. The molecule has 0 radical (unpaired) electrons. The third-order valence-corrected chi connectivity index (χ3v) is 4.03. The monoisotopic (exact) mass is 282 g/mol. The first-order chi connectivity index (χ1) is 9.88. The zero-order valence-electron chi connectivity index (χ0n) is 10.9. The molecule has 0 aliphatic rings. The first-order valence-electron chi connectivity index (χ1n) is 6.40. The van der Waals surface area contributed by atoms with Crippen LogP contribution in [0.5, 0.6) is 0 Å². The number of thiazole rings is 1. The highest BCUT2D eigenvalue weighted by molar-refractivity contribution is 7.15. The summed E-state index contributed by atoms with van der Waals surface area (Å²) in [6, 6.07) is 9.78. The summed E-state index contributed by atoms with van der Waals surface area (Å²) in [7, 11) is 0. The maximum Gasteiger partial charge on any atom is 0.142 e. The summed E-state index contributed by atoms with van der Waals surface area (Å²) in [5.41, 5.74) is 8.59. The van der Waals surface area contributed by atoms with Crippen LogP contribution in [0.3, 0.4) is 0 Å². The van der Waals surface area contributed by atoms with E-state index in [0.29, 0.717) is 6.54 Å². The molecule has 0 saturated carbocycles. The number of hydrogen-bond donors (Lipinski definition) is 1. The Kier molecular flexibility index (Phi) is 3.80. The van der Waals surface area contributed by atoms with Gasteiger partial charge < -0.3 is 5.73 Å². The largest absolute Gasteiger partial charge is 0.330 e. The van der Waals surface area contributed by atoms with Gasteiger partial charge in [0.05, 0.1) is 11.4 Å². The maximum atomic E-state index is 5.70. The van der Waals surface area contributed by atoms with Crippen LogP contribution in [0.15, 0.2) is 48.9 Å². The van der Waals surface area contributed by atoms with Gasteiger partial charge in [0, 0.05) is 29.0 Å². The van der Waals surface area contributed by atoms with Gasteiger partial charge in [-0.15, -0.1) is 11.3 Å². The Bertz CT molecular complexity index is 680. The van der Waals surface area contributed by atoms with Gasteiger partial charge in [0.15, 0.2) is 0 Å². The molecule has 0 aliphatic heterocycles. The summed E-state index contributed by atoms with van der Waals surface area (Å²) >= 11 is 1.65. The molecule has 2 N–H and O–H groups in total. The van der Waals surface area contributed by atoms with Gasteiger partial charge in [0.2, 0.25) is 0 Å². The average Bonchev–Trinajstić information content (AvgIpc) is 2.94. The summed E-state index contributed by atoms with van der Waals surface area (Å²) in [6.45, 7) is 0.608. The van der Waals surface area contributed by atoms with Gasteiger partial charge in [-0.1, -0.05) is 6.07 Å². The molecule has 0 saturated heterocycles. The number of pyridine rings is 2. The topological polar surface area (TPSA) is 64.7 Å². The van der Waals surface area contributed by atoms with Crippen molar-refractivity contribution < 1.29 is 0 Å². The smallest absolute Gasteiger partial charge is 0.142 e. The molecule has 3 heterocycles. The van der Waals surface area contributed by atoms with E-state index in [4.69, 9.17) is 10.7 Å². The highest BCUT2D eigenvalue weighted by atomic mass is 32.1. The lowest BCUT2D eigenvalue weighted by Crippen LogP contribution is -2.02. The van der Waals surface area contributed by atoms with Gasteiger partial charge in [-0.25, -0.2) is 4.98 Å². The summed E-state index contributed by atoms with van der Waals surface area (Å²) in [4.78, 5) is 14.4. The van der Waals surface area contributed by atoms with Crippen LogP contribution >= 0.6 is 11.3 Å². The number of aromatic nitrogens is 3. The van der Waals surface area contributed by atoms with Crippen LogP contribution in [0, 0.1) is 0 Å². The quantitative estimate of drug-likeness (QED) is 0.799. The van der Waals surface area contributed by atoms with E-state index in [1.54, 1.807) is 23.7 Å². The van der Waals surface area contributed by atoms with Crippen molar-refractivity contribution in [2.75, 3.05) is 6.54 Å². The molecular formula is C15H14N4S. The van der Waals surface area contributed by atoms with E-state index in [2.05, 4.69) is 9.97 Å². The molecule has 0 unspecified atom stereocenters. The molecule has 3 aromatic heterocycles. The van der Waals surface area contributed by atoms with Crippen LogP contribution in [0.4, 0.5) is 0 Å². The van der Waals surface area contributed by atoms with Crippen molar-refractivity contribution in [3.63, 3.8) is 0 Å². The third kappa shape index (κ3) is 2.59. The second-order valence-electron chi connectivity index (χ2n) is 4.29. The van der Waals surface area contributed by atoms with Gasteiger partial charge in [0.1, 0.15) is 5.01 Å². The minimum Gasteiger partial charge on any atom is -0.330 e. The van der Waals surface area contributed by atoms with Gasteiger partial charge in [0.25, 0.3) is 0 Å². The molecule has 0 bridgehead atoms. The molecule has 3 rings (SSSR count). The van der Waals surface area contributed by atoms with Crippen molar-refractivity contribution in [1.29, 1.82) is 0 Å². The van der Waals surface area contributed by atoms with Crippen molar-refractivity contribution >= 4 is 11.3 Å². The fourth-order valence-electron chi connectivity index (χ4n) is 1.98. The maximum absolute atomic E-state index is 5.70. The third-order valence-electron chi connectivity index (χ3n) is 2.89. The van der Waals surface area contributed by atoms with Crippen molar-refractivity contribution in [2.45, 2.75) is 6.42 Å². The van der Waals surface area contributed by atoms with E-state index in [0.717, 1.165) is 28.4 Å². The fourth-order valence-corrected chi connectivity index (χ4v) is 3.06. The molecule has 5 heteroatoms. The average molecular weight is 282 g/mol. The van der Waals surface area contributed by atoms with Gasteiger partial charge in [-0.05, 0) is 37.2 Å². The minimum atomic E-state index is 0.608. The molecule has 0 fully saturated rings. The van der Waals surface area contributed by atoms with Crippen LogP contribution in [0.2, 0.25) is 0 Å². The summed E-state index contributed by atoms with van der Waals surface area (Å²) in [5, 5.41) is 0.924. The Hall–Kier alpha value is -2.11. The normalized spacial score (nSPS) is 10.7. The number of hydrogen-bond acceptors (Lipinski definition) is 5. The van der Waals surface area contributed by atoms with Gasteiger partial charge in [-0.2, -0.15) is 0 Å². The Morgan fingerprint density at radius 3 is 2.75 bits per heavy atom. The number of nitrogens with two attached hydrogens (primary N) is 1. The van der Waals surface area contributed by atoms with Crippen LogP contribution in [-0.2, 0) is 6.42 Å². The van der Waals surface area contributed by atoms with E-state index in [9.17, 15) is 0 Å². The van der Waals surface area contributed by atoms with Crippen molar-refractivity contribution in [1.82, 2.24) is 15.0 Å². The van der Waals surface area contributed by atoms with E-state index >= 15 is 0 Å². The van der Waals surface area contributed by atoms with Crippen LogP contribution in [0.25, 0.3) is 22.0 Å². The predicted molar refractivity (Wildman–Crippen MR) is 81.3 cm³/mol. The fraction of sp³-hybridized carbons (Fsp3) is 0.133. The molecule has 3 aromatic rings. The minimum absolute atomic E-state index is 0.608. The highest BCUT2D eigenvalue weighted by Gasteiger charge is 2.14. The molecule has 100 valence electrons. The first-order valence-corrected chi connectivity index (χ1v) is 7.21. The van der Waals surface area contributed by atoms with Crippen LogP contribution < -0.4 is 5.73 Å². The standard InChI is InChI=1S/C15H14N4S/c16-7-6-13-14(11-4-3-8-17-10-11)19-15(20-13)12-5-1-2-9-18-12/h1-5,8-10H,6-7,16H2. The van der Waals surface area contributed by atoms with Gasteiger partial charge >= 0.3 is 0 Å². The van der Waals surface area contributed by atoms with Crippen molar-refractivity contribution in [2.24, 2.45) is 5.73 Å². The molecule has 0 spiro atoms. The Morgan fingerprint density at radius 2 is 2.05 bits per heavy atom. The zero-order chi connectivity index (χ0) is 13.8. The Labute approximate surface area is 121 Å². The molecule has 0 aromatic carbocycles. The SMILES string of the molecule is NCCc1sc(-c2ccccn2)nc1-c1cccnc1. The molecule has 4 nitrogen and oxygen atoms in total. The molecule has 0 aliphatic carbocycles.